The second-order valence-corrected chi connectivity index (χ2v) is 8.55. The molecule has 0 N–H and O–H groups in total. The van der Waals surface area contributed by atoms with Gasteiger partial charge in [0.2, 0.25) is 5.91 Å². The lowest BCUT2D eigenvalue weighted by atomic mass is 9.91. The lowest BCUT2D eigenvalue weighted by molar-refractivity contribution is -0.164. The van der Waals surface area contributed by atoms with E-state index >= 15 is 0 Å². The minimum absolute atomic E-state index is 0.163. The van der Waals surface area contributed by atoms with Crippen LogP contribution in [0.3, 0.4) is 0 Å². The number of carbonyl (C=O) groups excluding carboxylic acids is 2. The van der Waals surface area contributed by atoms with E-state index in [0.717, 1.165) is 11.3 Å². The Labute approximate surface area is 161 Å². The quantitative estimate of drug-likeness (QED) is 0.745. The van der Waals surface area contributed by atoms with Crippen molar-refractivity contribution in [2.75, 3.05) is 0 Å². The summed E-state index contributed by atoms with van der Waals surface area (Å²) in [4.78, 5) is 31.7. The van der Waals surface area contributed by atoms with Crippen molar-refractivity contribution < 1.29 is 14.4 Å². The Bertz CT molecular complexity index is 742. The van der Waals surface area contributed by atoms with E-state index in [9.17, 15) is 9.59 Å². The maximum Gasteiger partial charge on any atom is 0.256 e. The summed E-state index contributed by atoms with van der Waals surface area (Å²) in [7, 11) is 0. The molecule has 27 heavy (non-hydrogen) atoms. The average molecular weight is 371 g/mol. The summed E-state index contributed by atoms with van der Waals surface area (Å²) in [5.41, 5.74) is 1.37. The van der Waals surface area contributed by atoms with Crippen LogP contribution in [0.2, 0.25) is 0 Å². The number of imide groups is 1. The molecule has 6 heteroatoms. The molecule has 0 aliphatic carbocycles. The highest BCUT2D eigenvalue weighted by atomic mass is 16.6. The molecule has 1 fully saturated rings. The standard InChI is InChI=1S/C21H29N3O3/c1-14(2)11-17-19(15(3)27-22-17)20(26)24-18(25)12-21(4,5)23(24)13-16-9-7-6-8-10-16/h6-10,14-15,19H,11-13H2,1-5H3/t15-,19-/m0/s1. The zero-order valence-electron chi connectivity index (χ0n) is 16.8. The van der Waals surface area contributed by atoms with E-state index in [1.54, 1.807) is 0 Å². The molecular weight excluding hydrogens is 342 g/mol. The molecule has 1 aromatic carbocycles. The van der Waals surface area contributed by atoms with Crippen LogP contribution in [0.5, 0.6) is 0 Å². The monoisotopic (exact) mass is 371 g/mol. The van der Waals surface area contributed by atoms with Gasteiger partial charge in [-0.1, -0.05) is 49.3 Å². The van der Waals surface area contributed by atoms with Crippen LogP contribution < -0.4 is 0 Å². The van der Waals surface area contributed by atoms with Crippen LogP contribution in [0.15, 0.2) is 35.5 Å². The molecule has 0 saturated carbocycles. The van der Waals surface area contributed by atoms with Gasteiger partial charge in [0, 0.05) is 18.5 Å². The number of nitrogens with zero attached hydrogens (tertiary/aromatic N) is 3. The van der Waals surface area contributed by atoms with Gasteiger partial charge < -0.3 is 4.84 Å². The van der Waals surface area contributed by atoms with Crippen molar-refractivity contribution in [2.45, 2.75) is 65.6 Å². The number of benzene rings is 1. The van der Waals surface area contributed by atoms with Crippen molar-refractivity contribution in [3.63, 3.8) is 0 Å². The molecular formula is C21H29N3O3. The van der Waals surface area contributed by atoms with Gasteiger partial charge in [0.1, 0.15) is 12.0 Å². The highest BCUT2D eigenvalue weighted by Crippen LogP contribution is 2.35. The second kappa shape index (κ2) is 7.43. The molecule has 0 aromatic heterocycles. The van der Waals surface area contributed by atoms with Crippen LogP contribution in [-0.4, -0.2) is 39.2 Å². The highest BCUT2D eigenvalue weighted by molar-refractivity contribution is 6.10. The van der Waals surface area contributed by atoms with Crippen LogP contribution >= 0.6 is 0 Å². The summed E-state index contributed by atoms with van der Waals surface area (Å²) in [5.74, 6) is -0.544. The van der Waals surface area contributed by atoms with Gasteiger partial charge in [-0.3, -0.25) is 9.59 Å². The van der Waals surface area contributed by atoms with Gasteiger partial charge in [-0.15, -0.1) is 0 Å². The summed E-state index contributed by atoms with van der Waals surface area (Å²) in [6.45, 7) is 10.5. The van der Waals surface area contributed by atoms with Crippen molar-refractivity contribution in [2.24, 2.45) is 17.0 Å². The van der Waals surface area contributed by atoms with E-state index in [0.29, 0.717) is 25.3 Å². The Hall–Kier alpha value is -2.21. The topological polar surface area (TPSA) is 62.2 Å². The van der Waals surface area contributed by atoms with Gasteiger partial charge in [0.05, 0.1) is 5.71 Å². The smallest absolute Gasteiger partial charge is 0.256 e. The predicted molar refractivity (Wildman–Crippen MR) is 103 cm³/mol. The first-order valence-electron chi connectivity index (χ1n) is 9.61. The highest BCUT2D eigenvalue weighted by Gasteiger charge is 2.51. The van der Waals surface area contributed by atoms with E-state index < -0.39 is 11.5 Å². The molecule has 3 rings (SSSR count). The second-order valence-electron chi connectivity index (χ2n) is 8.55. The zero-order chi connectivity index (χ0) is 19.8. The molecule has 0 radical (unpaired) electrons. The van der Waals surface area contributed by atoms with Gasteiger partial charge in [-0.2, -0.15) is 0 Å². The average Bonchev–Trinajstić information content (AvgIpc) is 3.04. The molecule has 0 unspecified atom stereocenters. The molecule has 6 nitrogen and oxygen atoms in total. The molecule has 2 aliphatic rings. The largest absolute Gasteiger partial charge is 0.392 e. The molecule has 2 atom stereocenters. The van der Waals surface area contributed by atoms with Crippen LogP contribution in [-0.2, 0) is 21.0 Å². The fourth-order valence-electron chi connectivity index (χ4n) is 3.82. The van der Waals surface area contributed by atoms with E-state index in [1.807, 2.05) is 56.1 Å². The third-order valence-electron chi connectivity index (χ3n) is 5.19. The van der Waals surface area contributed by atoms with Crippen molar-refractivity contribution in [1.82, 2.24) is 10.0 Å². The Balaban J connectivity index is 1.88. The fourth-order valence-corrected chi connectivity index (χ4v) is 3.82. The molecule has 2 heterocycles. The van der Waals surface area contributed by atoms with Crippen molar-refractivity contribution in [1.29, 1.82) is 0 Å². The van der Waals surface area contributed by atoms with E-state index in [1.165, 1.54) is 5.01 Å². The lowest BCUT2D eigenvalue weighted by Crippen LogP contribution is -2.53. The van der Waals surface area contributed by atoms with E-state index in [-0.39, 0.29) is 17.9 Å². The minimum atomic E-state index is -0.511. The number of hydrogen-bond acceptors (Lipinski definition) is 5. The van der Waals surface area contributed by atoms with Crippen LogP contribution in [0.4, 0.5) is 0 Å². The Morgan fingerprint density at radius 2 is 1.96 bits per heavy atom. The number of carbonyl (C=O) groups is 2. The molecule has 0 spiro atoms. The number of rotatable bonds is 5. The van der Waals surface area contributed by atoms with Gasteiger partial charge in [-0.05, 0) is 38.7 Å². The number of hydrazine groups is 1. The van der Waals surface area contributed by atoms with Gasteiger partial charge in [0.15, 0.2) is 0 Å². The summed E-state index contributed by atoms with van der Waals surface area (Å²) >= 11 is 0. The van der Waals surface area contributed by atoms with Crippen molar-refractivity contribution in [3.05, 3.63) is 35.9 Å². The molecule has 2 amide bonds. The maximum absolute atomic E-state index is 13.5. The molecule has 2 aliphatic heterocycles. The van der Waals surface area contributed by atoms with Crippen LogP contribution in [0, 0.1) is 11.8 Å². The number of oxime groups is 1. The Morgan fingerprint density at radius 1 is 1.30 bits per heavy atom. The van der Waals surface area contributed by atoms with E-state index in [4.69, 9.17) is 4.84 Å². The van der Waals surface area contributed by atoms with E-state index in [2.05, 4.69) is 19.0 Å². The minimum Gasteiger partial charge on any atom is -0.392 e. The fraction of sp³-hybridized carbons (Fsp3) is 0.571. The van der Waals surface area contributed by atoms with Gasteiger partial charge >= 0.3 is 0 Å². The van der Waals surface area contributed by atoms with Crippen molar-refractivity contribution in [3.8, 4) is 0 Å². The molecule has 0 bridgehead atoms. The molecule has 1 aromatic rings. The normalized spacial score (nSPS) is 25.0. The Kier molecular flexibility index (Phi) is 5.38. The van der Waals surface area contributed by atoms with Gasteiger partial charge in [-0.25, -0.2) is 10.0 Å². The first-order valence-corrected chi connectivity index (χ1v) is 9.61. The number of amides is 2. The SMILES string of the molecule is CC(C)CC1=NO[C@@H](C)[C@@H]1C(=O)N1C(=O)CC(C)(C)N1Cc1ccccc1. The maximum atomic E-state index is 13.5. The summed E-state index contributed by atoms with van der Waals surface area (Å²) < 4.78 is 0. The first kappa shape index (κ1) is 19.5. The van der Waals surface area contributed by atoms with Gasteiger partial charge in [0.25, 0.3) is 5.91 Å². The van der Waals surface area contributed by atoms with Crippen LogP contribution in [0.25, 0.3) is 0 Å². The predicted octanol–water partition coefficient (Wildman–Crippen LogP) is 3.38. The third-order valence-corrected chi connectivity index (χ3v) is 5.19. The summed E-state index contributed by atoms with van der Waals surface area (Å²) in [6, 6.07) is 9.90. The number of hydrogen-bond donors (Lipinski definition) is 0. The van der Waals surface area contributed by atoms with Crippen molar-refractivity contribution >= 4 is 17.5 Å². The summed E-state index contributed by atoms with van der Waals surface area (Å²) in [5, 5.41) is 7.38. The summed E-state index contributed by atoms with van der Waals surface area (Å²) in [6.07, 6.45) is 0.635. The lowest BCUT2D eigenvalue weighted by Gasteiger charge is -2.36. The third kappa shape index (κ3) is 3.90. The molecule has 1 saturated heterocycles. The first-order chi connectivity index (χ1) is 12.7. The molecule has 146 valence electrons. The van der Waals surface area contributed by atoms with Crippen LogP contribution in [0.1, 0.15) is 53.0 Å². The Morgan fingerprint density at radius 3 is 2.59 bits per heavy atom. The zero-order valence-corrected chi connectivity index (χ0v) is 16.8.